The molecule has 0 aromatic heterocycles. The lowest BCUT2D eigenvalue weighted by Gasteiger charge is -2.15. The van der Waals surface area contributed by atoms with Crippen molar-refractivity contribution in [1.82, 2.24) is 4.90 Å². The number of aryl methyl sites for hydroxylation is 1. The van der Waals surface area contributed by atoms with Crippen LogP contribution in [0.4, 0.5) is 5.69 Å². The van der Waals surface area contributed by atoms with Crippen molar-refractivity contribution in [3.8, 4) is 0 Å². The molecule has 0 saturated heterocycles. The van der Waals surface area contributed by atoms with Gasteiger partial charge in [0.1, 0.15) is 0 Å². The third-order valence-electron chi connectivity index (χ3n) is 2.95. The van der Waals surface area contributed by atoms with Gasteiger partial charge in [-0.15, -0.1) is 0 Å². The van der Waals surface area contributed by atoms with Gasteiger partial charge in [0.25, 0.3) is 0 Å². The molecule has 1 amide bonds. The van der Waals surface area contributed by atoms with Crippen LogP contribution in [0.2, 0.25) is 0 Å². The lowest BCUT2D eigenvalue weighted by Crippen LogP contribution is -2.17. The van der Waals surface area contributed by atoms with Gasteiger partial charge in [-0.05, 0) is 45.5 Å². The average molecular weight is 232 g/mol. The first-order valence-electron chi connectivity index (χ1n) is 6.11. The second-order valence-corrected chi connectivity index (χ2v) is 5.16. The maximum atomic E-state index is 11.8. The summed E-state index contributed by atoms with van der Waals surface area (Å²) in [5.41, 5.74) is 3.37. The van der Waals surface area contributed by atoms with E-state index < -0.39 is 0 Å². The normalized spacial score (nSPS) is 15.1. The molecular weight excluding hydrogens is 212 g/mol. The van der Waals surface area contributed by atoms with E-state index in [1.165, 1.54) is 11.1 Å². The number of nitrogens with one attached hydrogen (secondary N) is 1. The monoisotopic (exact) mass is 232 g/mol. The zero-order valence-electron chi connectivity index (χ0n) is 10.8. The molecule has 1 aromatic carbocycles. The fourth-order valence-corrected chi connectivity index (χ4v) is 1.90. The van der Waals surface area contributed by atoms with E-state index in [9.17, 15) is 4.79 Å². The highest BCUT2D eigenvalue weighted by Gasteiger charge is 2.29. The molecule has 3 heteroatoms. The summed E-state index contributed by atoms with van der Waals surface area (Å²) in [6.45, 7) is 2.92. The molecule has 0 unspecified atom stereocenters. The van der Waals surface area contributed by atoms with Crippen molar-refractivity contribution >= 4 is 11.6 Å². The summed E-state index contributed by atoms with van der Waals surface area (Å²) in [4.78, 5) is 13.9. The van der Waals surface area contributed by atoms with Crippen LogP contribution in [0.3, 0.4) is 0 Å². The maximum Gasteiger partial charge on any atom is 0.227 e. The third-order valence-corrected chi connectivity index (χ3v) is 2.95. The van der Waals surface area contributed by atoms with Gasteiger partial charge in [-0.3, -0.25) is 4.79 Å². The fraction of sp³-hybridized carbons (Fsp3) is 0.500. The number of rotatable bonds is 4. The molecule has 1 aliphatic rings. The summed E-state index contributed by atoms with van der Waals surface area (Å²) in [5, 5.41) is 3.04. The minimum absolute atomic E-state index is 0.175. The van der Waals surface area contributed by atoms with Crippen LogP contribution in [0.1, 0.15) is 24.0 Å². The van der Waals surface area contributed by atoms with Crippen LogP contribution < -0.4 is 5.32 Å². The highest BCUT2D eigenvalue weighted by Crippen LogP contribution is 2.31. The zero-order valence-corrected chi connectivity index (χ0v) is 10.8. The number of carbonyl (C=O) groups excluding carboxylic acids is 1. The molecule has 17 heavy (non-hydrogen) atoms. The first kappa shape index (κ1) is 12.1. The second kappa shape index (κ2) is 4.88. The maximum absolute atomic E-state index is 11.8. The fourth-order valence-electron chi connectivity index (χ4n) is 1.90. The van der Waals surface area contributed by atoms with Crippen molar-refractivity contribution in [1.29, 1.82) is 0 Å². The van der Waals surface area contributed by atoms with Crippen LogP contribution in [0.25, 0.3) is 0 Å². The Hall–Kier alpha value is -1.35. The molecule has 1 saturated carbocycles. The molecule has 0 atom stereocenters. The molecule has 2 rings (SSSR count). The number of anilines is 1. The summed E-state index contributed by atoms with van der Waals surface area (Å²) in [5.74, 6) is 0.428. The lowest BCUT2D eigenvalue weighted by atomic mass is 10.1. The van der Waals surface area contributed by atoms with Crippen LogP contribution in [0.5, 0.6) is 0 Å². The van der Waals surface area contributed by atoms with Crippen molar-refractivity contribution in [2.75, 3.05) is 19.4 Å². The smallest absolute Gasteiger partial charge is 0.227 e. The average Bonchev–Trinajstić information content (AvgIpc) is 3.04. The molecule has 1 fully saturated rings. The zero-order chi connectivity index (χ0) is 12.4. The van der Waals surface area contributed by atoms with E-state index in [1.54, 1.807) is 0 Å². The minimum Gasteiger partial charge on any atom is -0.326 e. The highest BCUT2D eigenvalue weighted by atomic mass is 16.2. The van der Waals surface area contributed by atoms with Crippen LogP contribution in [0.15, 0.2) is 18.2 Å². The van der Waals surface area contributed by atoms with Gasteiger partial charge in [-0.2, -0.15) is 0 Å². The molecule has 1 N–H and O–H groups in total. The summed E-state index contributed by atoms with van der Waals surface area (Å²) >= 11 is 0. The van der Waals surface area contributed by atoms with Gasteiger partial charge in [0.05, 0.1) is 0 Å². The van der Waals surface area contributed by atoms with E-state index >= 15 is 0 Å². The molecule has 1 aliphatic carbocycles. The van der Waals surface area contributed by atoms with Gasteiger partial charge in [0.15, 0.2) is 0 Å². The molecule has 0 aliphatic heterocycles. The number of benzene rings is 1. The number of hydrogen-bond acceptors (Lipinski definition) is 2. The van der Waals surface area contributed by atoms with Crippen molar-refractivity contribution in [3.63, 3.8) is 0 Å². The summed E-state index contributed by atoms with van der Waals surface area (Å²) in [7, 11) is 4.07. The van der Waals surface area contributed by atoms with E-state index in [-0.39, 0.29) is 11.8 Å². The van der Waals surface area contributed by atoms with Crippen LogP contribution >= 0.6 is 0 Å². The van der Waals surface area contributed by atoms with Gasteiger partial charge >= 0.3 is 0 Å². The minimum atomic E-state index is 0.175. The first-order chi connectivity index (χ1) is 8.06. The van der Waals surface area contributed by atoms with E-state index in [1.807, 2.05) is 26.2 Å². The molecule has 0 spiro atoms. The predicted molar refractivity (Wildman–Crippen MR) is 69.9 cm³/mol. The number of amides is 1. The molecule has 0 bridgehead atoms. The van der Waals surface area contributed by atoms with Crippen LogP contribution in [-0.4, -0.2) is 24.9 Å². The largest absolute Gasteiger partial charge is 0.326 e. The first-order valence-corrected chi connectivity index (χ1v) is 6.11. The van der Waals surface area contributed by atoms with Crippen molar-refractivity contribution in [2.45, 2.75) is 26.3 Å². The molecule has 92 valence electrons. The van der Waals surface area contributed by atoms with Crippen LogP contribution in [-0.2, 0) is 11.3 Å². The predicted octanol–water partition coefficient (Wildman–Crippen LogP) is 2.41. The Balaban J connectivity index is 2.15. The summed E-state index contributed by atoms with van der Waals surface area (Å²) < 4.78 is 0. The van der Waals surface area contributed by atoms with Gasteiger partial charge in [0, 0.05) is 18.2 Å². The van der Waals surface area contributed by atoms with Crippen molar-refractivity contribution < 1.29 is 4.79 Å². The Bertz CT molecular complexity index is 422. The topological polar surface area (TPSA) is 32.3 Å². The Morgan fingerprint density at radius 1 is 1.41 bits per heavy atom. The second-order valence-electron chi connectivity index (χ2n) is 5.16. The van der Waals surface area contributed by atoms with Crippen molar-refractivity contribution in [3.05, 3.63) is 29.3 Å². The molecule has 0 heterocycles. The van der Waals surface area contributed by atoms with Crippen molar-refractivity contribution in [2.24, 2.45) is 5.92 Å². The third kappa shape index (κ3) is 3.30. The summed E-state index contributed by atoms with van der Waals surface area (Å²) in [6.07, 6.45) is 2.08. The SMILES string of the molecule is Cc1ccc(NC(=O)C2CC2)c(CN(C)C)c1. The Morgan fingerprint density at radius 3 is 2.71 bits per heavy atom. The Labute approximate surface area is 103 Å². The van der Waals surface area contributed by atoms with Gasteiger partial charge in [0.2, 0.25) is 5.91 Å². The lowest BCUT2D eigenvalue weighted by molar-refractivity contribution is -0.117. The van der Waals surface area contributed by atoms with Gasteiger partial charge < -0.3 is 10.2 Å². The highest BCUT2D eigenvalue weighted by molar-refractivity contribution is 5.94. The Kier molecular flexibility index (Phi) is 3.48. The Morgan fingerprint density at radius 2 is 2.12 bits per heavy atom. The quantitative estimate of drug-likeness (QED) is 0.864. The number of carbonyl (C=O) groups is 1. The van der Waals surface area contributed by atoms with E-state index in [2.05, 4.69) is 23.2 Å². The number of nitrogens with zero attached hydrogens (tertiary/aromatic N) is 1. The molecular formula is C14H20N2O. The molecule has 1 aromatic rings. The summed E-state index contributed by atoms with van der Waals surface area (Å²) in [6, 6.07) is 6.19. The standard InChI is InChI=1S/C14H20N2O/c1-10-4-7-13(12(8-10)9-16(2)3)15-14(17)11-5-6-11/h4,7-8,11H,5-6,9H2,1-3H3,(H,15,17). The van der Waals surface area contributed by atoms with E-state index in [0.717, 1.165) is 25.1 Å². The van der Waals surface area contributed by atoms with E-state index in [0.29, 0.717) is 0 Å². The van der Waals surface area contributed by atoms with Gasteiger partial charge in [-0.1, -0.05) is 17.7 Å². The number of hydrogen-bond donors (Lipinski definition) is 1. The molecule has 3 nitrogen and oxygen atoms in total. The molecule has 0 radical (unpaired) electrons. The van der Waals surface area contributed by atoms with E-state index in [4.69, 9.17) is 0 Å². The van der Waals surface area contributed by atoms with Gasteiger partial charge in [-0.25, -0.2) is 0 Å². The van der Waals surface area contributed by atoms with Crippen LogP contribution in [0, 0.1) is 12.8 Å².